The van der Waals surface area contributed by atoms with Gasteiger partial charge in [0.15, 0.2) is 0 Å². The topological polar surface area (TPSA) is 30.7 Å². The number of carbonyl (C=O) groups is 1. The van der Waals surface area contributed by atoms with E-state index in [0.717, 1.165) is 17.0 Å². The van der Waals surface area contributed by atoms with E-state index in [9.17, 15) is 4.79 Å². The number of aryl methyl sites for hydroxylation is 2. The van der Waals surface area contributed by atoms with Crippen molar-refractivity contribution in [2.75, 3.05) is 12.4 Å². The highest BCUT2D eigenvalue weighted by molar-refractivity contribution is 7.99. The first-order valence-corrected chi connectivity index (χ1v) is 10.1. The molecule has 0 aliphatic heterocycles. The number of ether oxygens (including phenoxy) is 1. The number of rotatable bonds is 6. The average molecular weight is 368 g/mol. The Balaban J connectivity index is 2.18. The van der Waals surface area contributed by atoms with Crippen LogP contribution in [0.2, 0.25) is 0 Å². The highest BCUT2D eigenvalue weighted by Crippen LogP contribution is 2.38. The summed E-state index contributed by atoms with van der Waals surface area (Å²) in [5, 5.41) is 0.164. The molecule has 0 aliphatic carbocycles. The van der Waals surface area contributed by atoms with Gasteiger partial charge in [0, 0.05) is 11.9 Å². The molecular weight excluding hydrogens is 342 g/mol. The molecule has 3 rings (SSSR count). The van der Waals surface area contributed by atoms with Crippen molar-refractivity contribution in [3.63, 3.8) is 0 Å². The van der Waals surface area contributed by atoms with E-state index in [2.05, 4.69) is 43.4 Å². The predicted molar refractivity (Wildman–Crippen MR) is 109 cm³/mol. The zero-order chi connectivity index (χ0) is 18.7. The summed E-state index contributed by atoms with van der Waals surface area (Å²) in [4.78, 5) is 12.5. The van der Waals surface area contributed by atoms with Crippen LogP contribution in [0.1, 0.15) is 51.8 Å². The summed E-state index contributed by atoms with van der Waals surface area (Å²) < 4.78 is 7.40. The zero-order valence-corrected chi connectivity index (χ0v) is 16.6. The quantitative estimate of drug-likeness (QED) is 0.533. The summed E-state index contributed by atoms with van der Waals surface area (Å²) in [6.45, 7) is 8.64. The van der Waals surface area contributed by atoms with E-state index in [0.29, 0.717) is 12.2 Å². The molecule has 0 aliphatic rings. The second kappa shape index (κ2) is 8.00. The molecule has 0 amide bonds. The van der Waals surface area contributed by atoms with Crippen molar-refractivity contribution in [1.29, 1.82) is 0 Å². The van der Waals surface area contributed by atoms with Crippen LogP contribution in [0.25, 0.3) is 5.52 Å². The van der Waals surface area contributed by atoms with Crippen LogP contribution in [0.5, 0.6) is 0 Å². The lowest BCUT2D eigenvalue weighted by atomic mass is 10.0. The molecule has 0 saturated heterocycles. The number of thioether (sulfide) groups is 1. The van der Waals surface area contributed by atoms with Crippen LogP contribution in [0, 0.1) is 13.8 Å². The number of fused-ring (bicyclic) bond motifs is 1. The normalized spacial score (nSPS) is 12.3. The summed E-state index contributed by atoms with van der Waals surface area (Å²) in [6, 6.07) is 14.6. The molecular formula is C22H25NO2S. The zero-order valence-electron chi connectivity index (χ0n) is 15.8. The highest BCUT2D eigenvalue weighted by atomic mass is 32.2. The third kappa shape index (κ3) is 3.65. The highest BCUT2D eigenvalue weighted by Gasteiger charge is 2.23. The van der Waals surface area contributed by atoms with E-state index in [4.69, 9.17) is 4.74 Å². The van der Waals surface area contributed by atoms with Gasteiger partial charge >= 0.3 is 5.97 Å². The number of hydrogen-bond acceptors (Lipinski definition) is 3. The van der Waals surface area contributed by atoms with Crippen molar-refractivity contribution in [1.82, 2.24) is 4.40 Å². The van der Waals surface area contributed by atoms with Gasteiger partial charge in [0.1, 0.15) is 0 Å². The Morgan fingerprint density at radius 2 is 1.85 bits per heavy atom. The molecule has 0 unspecified atom stereocenters. The molecule has 0 radical (unpaired) electrons. The minimum Gasteiger partial charge on any atom is -0.462 e. The monoisotopic (exact) mass is 367 g/mol. The van der Waals surface area contributed by atoms with Crippen LogP contribution in [0.3, 0.4) is 0 Å². The molecule has 2 heterocycles. The van der Waals surface area contributed by atoms with E-state index < -0.39 is 0 Å². The Bertz CT molecular complexity index is 909. The fourth-order valence-corrected chi connectivity index (χ4v) is 4.45. The molecule has 4 heteroatoms. The molecule has 0 spiro atoms. The van der Waals surface area contributed by atoms with Crippen LogP contribution in [0.15, 0.2) is 48.7 Å². The first-order chi connectivity index (χ1) is 12.5. The number of carbonyl (C=O) groups excluding carboxylic acids is 1. The Morgan fingerprint density at radius 1 is 1.12 bits per heavy atom. The molecule has 0 fully saturated rings. The van der Waals surface area contributed by atoms with E-state index in [1.54, 1.807) is 0 Å². The van der Waals surface area contributed by atoms with Crippen LogP contribution in [-0.2, 0) is 4.74 Å². The lowest BCUT2D eigenvalue weighted by Crippen LogP contribution is -2.03. The summed E-state index contributed by atoms with van der Waals surface area (Å²) in [5.74, 6) is 0.732. The Kier molecular flexibility index (Phi) is 5.72. The maximum Gasteiger partial charge on any atom is 0.340 e. The second-order valence-corrected chi connectivity index (χ2v) is 7.80. The molecule has 1 atom stereocenters. The van der Waals surface area contributed by atoms with E-state index in [1.807, 2.05) is 49.1 Å². The molecule has 2 aromatic heterocycles. The summed E-state index contributed by atoms with van der Waals surface area (Å²) in [6.07, 6.45) is 2.03. The number of nitrogens with zero attached hydrogens (tertiary/aromatic N) is 1. The Labute approximate surface area is 159 Å². The first-order valence-electron chi connectivity index (χ1n) is 9.02. The van der Waals surface area contributed by atoms with Crippen LogP contribution >= 0.6 is 11.8 Å². The summed E-state index contributed by atoms with van der Waals surface area (Å²) in [7, 11) is 0. The van der Waals surface area contributed by atoms with Crippen LogP contribution in [-0.4, -0.2) is 22.7 Å². The van der Waals surface area contributed by atoms with Gasteiger partial charge in [-0.1, -0.05) is 42.3 Å². The molecule has 3 aromatic rings. The van der Waals surface area contributed by atoms with E-state index in [1.165, 1.54) is 16.7 Å². The van der Waals surface area contributed by atoms with Gasteiger partial charge in [-0.05, 0) is 50.3 Å². The first kappa shape index (κ1) is 18.6. The van der Waals surface area contributed by atoms with Crippen molar-refractivity contribution in [2.24, 2.45) is 0 Å². The van der Waals surface area contributed by atoms with Gasteiger partial charge in [-0.15, -0.1) is 11.8 Å². The maximum absolute atomic E-state index is 12.5. The van der Waals surface area contributed by atoms with Gasteiger partial charge in [-0.2, -0.15) is 0 Å². The molecule has 136 valence electrons. The third-order valence-electron chi connectivity index (χ3n) is 4.35. The Hall–Kier alpha value is -2.20. The van der Waals surface area contributed by atoms with Gasteiger partial charge in [0.2, 0.25) is 0 Å². The number of benzene rings is 1. The maximum atomic E-state index is 12.5. The van der Waals surface area contributed by atoms with Gasteiger partial charge < -0.3 is 9.14 Å². The number of esters is 1. The van der Waals surface area contributed by atoms with Crippen molar-refractivity contribution < 1.29 is 9.53 Å². The smallest absolute Gasteiger partial charge is 0.340 e. The van der Waals surface area contributed by atoms with Gasteiger partial charge in [-0.25, -0.2) is 4.79 Å². The second-order valence-electron chi connectivity index (χ2n) is 6.42. The largest absolute Gasteiger partial charge is 0.462 e. The van der Waals surface area contributed by atoms with E-state index in [-0.39, 0.29) is 11.2 Å². The third-order valence-corrected chi connectivity index (χ3v) is 5.53. The van der Waals surface area contributed by atoms with Gasteiger partial charge in [-0.3, -0.25) is 0 Å². The number of pyridine rings is 1. The number of aromatic nitrogens is 1. The molecule has 0 bridgehead atoms. The molecule has 26 heavy (non-hydrogen) atoms. The molecule has 0 N–H and O–H groups in total. The lowest BCUT2D eigenvalue weighted by Gasteiger charge is -2.18. The van der Waals surface area contributed by atoms with Crippen molar-refractivity contribution in [2.45, 2.75) is 32.9 Å². The molecule has 3 nitrogen and oxygen atoms in total. The van der Waals surface area contributed by atoms with Gasteiger partial charge in [0.05, 0.1) is 22.9 Å². The Morgan fingerprint density at radius 3 is 2.50 bits per heavy atom. The summed E-state index contributed by atoms with van der Waals surface area (Å²) >= 11 is 1.88. The van der Waals surface area contributed by atoms with E-state index >= 15 is 0 Å². The van der Waals surface area contributed by atoms with Crippen molar-refractivity contribution in [3.05, 3.63) is 76.6 Å². The van der Waals surface area contributed by atoms with Crippen molar-refractivity contribution >= 4 is 23.2 Å². The average Bonchev–Trinajstić information content (AvgIpc) is 2.98. The molecule has 0 saturated carbocycles. The van der Waals surface area contributed by atoms with Crippen LogP contribution < -0.4 is 0 Å². The number of hydrogen-bond donors (Lipinski definition) is 0. The molecule has 1 aromatic carbocycles. The fraction of sp³-hybridized carbons (Fsp3) is 0.318. The van der Waals surface area contributed by atoms with Gasteiger partial charge in [0.25, 0.3) is 0 Å². The SMILES string of the molecule is CCOC(=O)c1cc([C@H](SCC)c2cc(C)cc(C)c2)n2ccccc12. The lowest BCUT2D eigenvalue weighted by molar-refractivity contribution is 0.0529. The minimum atomic E-state index is -0.261. The minimum absolute atomic E-state index is 0.164. The standard InChI is InChI=1S/C22H25NO2S/c1-5-25-22(24)18-14-20(23-10-8-7-9-19(18)23)21(26-6-2)17-12-15(3)11-16(4)13-17/h7-14,21H,5-6H2,1-4H3/t21-/m1/s1. The van der Waals surface area contributed by atoms with Crippen LogP contribution in [0.4, 0.5) is 0 Å². The predicted octanol–water partition coefficient (Wildman–Crippen LogP) is 5.58. The fourth-order valence-electron chi connectivity index (χ4n) is 3.43. The summed E-state index contributed by atoms with van der Waals surface area (Å²) in [5.41, 5.74) is 6.43. The van der Waals surface area contributed by atoms with Crippen molar-refractivity contribution in [3.8, 4) is 0 Å².